The van der Waals surface area contributed by atoms with Gasteiger partial charge < -0.3 is 11.1 Å². The molecule has 0 aliphatic rings. The number of nitrogens with two attached hydrogens (primary N) is 1. The Morgan fingerprint density at radius 2 is 2.12 bits per heavy atom. The van der Waals surface area contributed by atoms with Crippen LogP contribution in [0.4, 0.5) is 11.4 Å². The normalized spacial score (nSPS) is 10.9. The lowest BCUT2D eigenvalue weighted by Crippen LogP contribution is -2.09. The molecule has 0 saturated carbocycles. The maximum atomic E-state index is 6.10. The Morgan fingerprint density at radius 1 is 1.31 bits per heavy atom. The second-order valence-corrected chi connectivity index (χ2v) is 4.37. The molecule has 1 aromatic carbocycles. The van der Waals surface area contributed by atoms with E-state index >= 15 is 0 Å². The number of aromatic nitrogens is 1. The van der Waals surface area contributed by atoms with Crippen LogP contribution in [-0.2, 0) is 0 Å². The van der Waals surface area contributed by atoms with Gasteiger partial charge in [-0.3, -0.25) is 4.98 Å². The van der Waals surface area contributed by atoms with E-state index in [0.717, 1.165) is 28.8 Å². The summed E-state index contributed by atoms with van der Waals surface area (Å²) in [5, 5.41) is 4.36. The van der Waals surface area contributed by atoms with Gasteiger partial charge in [0.15, 0.2) is 0 Å². The summed E-state index contributed by atoms with van der Waals surface area (Å²) in [6, 6.07) is 7.89. The van der Waals surface area contributed by atoms with Crippen LogP contribution in [0.5, 0.6) is 0 Å². The van der Waals surface area contributed by atoms with Gasteiger partial charge in [0.2, 0.25) is 0 Å². The van der Waals surface area contributed by atoms with E-state index in [1.54, 1.807) is 6.20 Å². The molecule has 2 aromatic rings. The van der Waals surface area contributed by atoms with Gasteiger partial charge in [-0.2, -0.15) is 0 Å². The summed E-state index contributed by atoms with van der Waals surface area (Å²) in [6.45, 7) is 5.27. The summed E-state index contributed by atoms with van der Waals surface area (Å²) in [7, 11) is 0. The Labute approximate surface area is 95.7 Å². The first-order valence-electron chi connectivity index (χ1n) is 5.55. The number of nitrogens with one attached hydrogen (secondary N) is 1. The van der Waals surface area contributed by atoms with Crippen molar-refractivity contribution in [1.82, 2.24) is 4.98 Å². The minimum atomic E-state index is 0.601. The molecule has 3 N–H and O–H groups in total. The number of pyridine rings is 1. The maximum absolute atomic E-state index is 6.10. The van der Waals surface area contributed by atoms with Gasteiger partial charge in [-0.05, 0) is 30.2 Å². The van der Waals surface area contributed by atoms with Gasteiger partial charge in [-0.15, -0.1) is 0 Å². The second-order valence-electron chi connectivity index (χ2n) is 4.37. The van der Waals surface area contributed by atoms with E-state index in [4.69, 9.17) is 5.73 Å². The van der Waals surface area contributed by atoms with Crippen LogP contribution in [-0.4, -0.2) is 11.5 Å². The van der Waals surface area contributed by atoms with Crippen LogP contribution in [0.25, 0.3) is 10.9 Å². The molecule has 2 rings (SSSR count). The Balaban J connectivity index is 2.37. The Morgan fingerprint density at radius 3 is 2.88 bits per heavy atom. The molecule has 84 valence electrons. The number of hydrogen-bond acceptors (Lipinski definition) is 3. The summed E-state index contributed by atoms with van der Waals surface area (Å²) in [5.74, 6) is 0.601. The van der Waals surface area contributed by atoms with Gasteiger partial charge in [0.25, 0.3) is 0 Å². The summed E-state index contributed by atoms with van der Waals surface area (Å²) < 4.78 is 0. The van der Waals surface area contributed by atoms with Crippen molar-refractivity contribution >= 4 is 22.3 Å². The van der Waals surface area contributed by atoms with E-state index in [2.05, 4.69) is 24.1 Å². The molecule has 0 aliphatic heterocycles. The molecule has 0 amide bonds. The topological polar surface area (TPSA) is 50.9 Å². The SMILES string of the molecule is CC(C)CNc1ccc2ncccc2c1N. The van der Waals surface area contributed by atoms with Crippen molar-refractivity contribution in [3.05, 3.63) is 30.5 Å². The fourth-order valence-corrected chi connectivity index (χ4v) is 1.64. The molecule has 3 nitrogen and oxygen atoms in total. The van der Waals surface area contributed by atoms with Gasteiger partial charge in [-0.1, -0.05) is 13.8 Å². The molecule has 0 fully saturated rings. The first-order valence-corrected chi connectivity index (χ1v) is 5.55. The first kappa shape index (κ1) is 10.7. The third-order valence-corrected chi connectivity index (χ3v) is 2.53. The van der Waals surface area contributed by atoms with Crippen LogP contribution in [0.2, 0.25) is 0 Å². The molecule has 0 spiro atoms. The third kappa shape index (κ3) is 2.08. The van der Waals surface area contributed by atoms with Crippen LogP contribution in [0, 0.1) is 5.92 Å². The lowest BCUT2D eigenvalue weighted by Gasteiger charge is -2.12. The third-order valence-electron chi connectivity index (χ3n) is 2.53. The lowest BCUT2D eigenvalue weighted by molar-refractivity contribution is 0.689. The van der Waals surface area contributed by atoms with Gasteiger partial charge in [0.1, 0.15) is 0 Å². The minimum absolute atomic E-state index is 0.601. The first-order chi connectivity index (χ1) is 7.68. The zero-order valence-corrected chi connectivity index (χ0v) is 9.70. The van der Waals surface area contributed by atoms with Crippen molar-refractivity contribution < 1.29 is 0 Å². The number of nitrogens with zero attached hydrogens (tertiary/aromatic N) is 1. The zero-order chi connectivity index (χ0) is 11.5. The molecular weight excluding hydrogens is 198 g/mol. The van der Waals surface area contributed by atoms with E-state index in [1.165, 1.54) is 0 Å². The fourth-order valence-electron chi connectivity index (χ4n) is 1.64. The molecule has 0 atom stereocenters. The van der Waals surface area contributed by atoms with Gasteiger partial charge in [0.05, 0.1) is 16.9 Å². The zero-order valence-electron chi connectivity index (χ0n) is 9.70. The van der Waals surface area contributed by atoms with E-state index in [-0.39, 0.29) is 0 Å². The van der Waals surface area contributed by atoms with Crippen molar-refractivity contribution in [2.45, 2.75) is 13.8 Å². The van der Waals surface area contributed by atoms with Crippen molar-refractivity contribution in [3.8, 4) is 0 Å². The lowest BCUT2D eigenvalue weighted by atomic mass is 10.1. The fraction of sp³-hybridized carbons (Fsp3) is 0.308. The van der Waals surface area contributed by atoms with E-state index in [0.29, 0.717) is 5.92 Å². The summed E-state index contributed by atoms with van der Waals surface area (Å²) in [6.07, 6.45) is 1.78. The highest BCUT2D eigenvalue weighted by Gasteiger charge is 2.04. The predicted octanol–water partition coefficient (Wildman–Crippen LogP) is 2.88. The van der Waals surface area contributed by atoms with Crippen LogP contribution >= 0.6 is 0 Å². The van der Waals surface area contributed by atoms with Gasteiger partial charge >= 0.3 is 0 Å². The largest absolute Gasteiger partial charge is 0.397 e. The molecule has 0 aliphatic carbocycles. The van der Waals surface area contributed by atoms with Gasteiger partial charge in [-0.25, -0.2) is 0 Å². The predicted molar refractivity (Wildman–Crippen MR) is 69.5 cm³/mol. The highest BCUT2D eigenvalue weighted by molar-refractivity contribution is 5.96. The van der Waals surface area contributed by atoms with Gasteiger partial charge in [0, 0.05) is 18.1 Å². The Hall–Kier alpha value is -1.77. The smallest absolute Gasteiger partial charge is 0.0724 e. The van der Waals surface area contributed by atoms with E-state index in [9.17, 15) is 0 Å². The monoisotopic (exact) mass is 215 g/mol. The van der Waals surface area contributed by atoms with Crippen LogP contribution < -0.4 is 11.1 Å². The second kappa shape index (κ2) is 4.39. The quantitative estimate of drug-likeness (QED) is 0.774. The summed E-state index contributed by atoms with van der Waals surface area (Å²) in [5.41, 5.74) is 8.82. The Kier molecular flexibility index (Phi) is 2.95. The molecule has 0 radical (unpaired) electrons. The van der Waals surface area contributed by atoms with Crippen molar-refractivity contribution in [2.24, 2.45) is 5.92 Å². The molecule has 1 aromatic heterocycles. The van der Waals surface area contributed by atoms with E-state index < -0.39 is 0 Å². The number of nitrogen functional groups attached to an aromatic ring is 1. The van der Waals surface area contributed by atoms with Crippen LogP contribution in [0.15, 0.2) is 30.5 Å². The molecule has 0 saturated heterocycles. The minimum Gasteiger partial charge on any atom is -0.397 e. The molecule has 16 heavy (non-hydrogen) atoms. The standard InChI is InChI=1S/C13H17N3/c1-9(2)8-16-12-6-5-11-10(13(12)14)4-3-7-15-11/h3-7,9,16H,8,14H2,1-2H3. The maximum Gasteiger partial charge on any atom is 0.0724 e. The highest BCUT2D eigenvalue weighted by Crippen LogP contribution is 2.27. The Bertz CT molecular complexity index is 492. The average molecular weight is 215 g/mol. The van der Waals surface area contributed by atoms with Crippen molar-refractivity contribution in [2.75, 3.05) is 17.6 Å². The number of benzene rings is 1. The average Bonchev–Trinajstić information content (AvgIpc) is 2.28. The van der Waals surface area contributed by atoms with Crippen molar-refractivity contribution in [1.29, 1.82) is 0 Å². The molecule has 0 bridgehead atoms. The summed E-state index contributed by atoms with van der Waals surface area (Å²) in [4.78, 5) is 4.27. The van der Waals surface area contributed by atoms with E-state index in [1.807, 2.05) is 24.3 Å². The van der Waals surface area contributed by atoms with Crippen LogP contribution in [0.3, 0.4) is 0 Å². The van der Waals surface area contributed by atoms with Crippen molar-refractivity contribution in [3.63, 3.8) is 0 Å². The molecule has 3 heteroatoms. The summed E-state index contributed by atoms with van der Waals surface area (Å²) >= 11 is 0. The number of hydrogen-bond donors (Lipinski definition) is 2. The molecular formula is C13H17N3. The van der Waals surface area contributed by atoms with Crippen LogP contribution in [0.1, 0.15) is 13.8 Å². The number of rotatable bonds is 3. The molecule has 1 heterocycles. The highest BCUT2D eigenvalue weighted by atomic mass is 14.9. The number of anilines is 2. The molecule has 0 unspecified atom stereocenters. The number of fused-ring (bicyclic) bond motifs is 1.